The number of fused-ring (bicyclic) bond motifs is 1. The Labute approximate surface area is 186 Å². The first-order chi connectivity index (χ1) is 15.5. The highest BCUT2D eigenvalue weighted by Crippen LogP contribution is 2.21. The lowest BCUT2D eigenvalue weighted by Gasteiger charge is -2.21. The first kappa shape index (κ1) is 23.4. The highest BCUT2D eigenvalue weighted by atomic mass is 16.2. The van der Waals surface area contributed by atoms with Gasteiger partial charge in [-0.2, -0.15) is 4.68 Å². The minimum absolute atomic E-state index is 0.0133. The van der Waals surface area contributed by atoms with Crippen LogP contribution in [0.5, 0.6) is 0 Å². The maximum atomic E-state index is 13.1. The molecule has 1 fully saturated rings. The number of amides is 3. The summed E-state index contributed by atoms with van der Waals surface area (Å²) in [5, 5.41) is 16.8. The van der Waals surface area contributed by atoms with Crippen LogP contribution < -0.4 is 21.5 Å². The predicted molar refractivity (Wildman–Crippen MR) is 120 cm³/mol. The van der Waals surface area contributed by atoms with Crippen molar-refractivity contribution in [1.82, 2.24) is 25.6 Å². The Morgan fingerprint density at radius 1 is 1.09 bits per heavy atom. The Morgan fingerprint density at radius 2 is 1.81 bits per heavy atom. The lowest BCUT2D eigenvalue weighted by atomic mass is 10.1. The molecular formula is C22H30N6O4. The molecule has 1 aliphatic heterocycles. The summed E-state index contributed by atoms with van der Waals surface area (Å²) in [5.74, 6) is -0.859. The van der Waals surface area contributed by atoms with Crippen LogP contribution in [0.15, 0.2) is 23.0 Å². The Balaban J connectivity index is 1.54. The molecule has 10 heteroatoms. The highest BCUT2D eigenvalue weighted by Gasteiger charge is 2.30. The van der Waals surface area contributed by atoms with Gasteiger partial charge in [0.2, 0.25) is 11.8 Å². The molecule has 32 heavy (non-hydrogen) atoms. The molecule has 0 radical (unpaired) electrons. The van der Waals surface area contributed by atoms with Gasteiger partial charge in [-0.05, 0) is 31.4 Å². The number of anilines is 1. The number of aromatic nitrogens is 3. The summed E-state index contributed by atoms with van der Waals surface area (Å²) in [6.07, 6.45) is 6.75. The van der Waals surface area contributed by atoms with E-state index >= 15 is 0 Å². The van der Waals surface area contributed by atoms with Crippen molar-refractivity contribution in [3.05, 3.63) is 28.6 Å². The Hall–Kier alpha value is -3.30. The fourth-order valence-corrected chi connectivity index (χ4v) is 3.81. The van der Waals surface area contributed by atoms with Crippen LogP contribution in [0.3, 0.4) is 0 Å². The monoisotopic (exact) mass is 442 g/mol. The summed E-state index contributed by atoms with van der Waals surface area (Å²) < 4.78 is 1.08. The topological polar surface area (TPSA) is 135 Å². The summed E-state index contributed by atoms with van der Waals surface area (Å²) in [6.45, 7) is 2.97. The van der Waals surface area contributed by atoms with E-state index < -0.39 is 17.5 Å². The molecule has 1 aromatic carbocycles. The number of imide groups is 1. The zero-order chi connectivity index (χ0) is 22.9. The van der Waals surface area contributed by atoms with Crippen LogP contribution in [-0.2, 0) is 14.4 Å². The van der Waals surface area contributed by atoms with Crippen LogP contribution >= 0.6 is 0 Å². The number of rotatable bonds is 11. The van der Waals surface area contributed by atoms with Crippen LogP contribution in [0.25, 0.3) is 10.9 Å². The average molecular weight is 443 g/mol. The highest BCUT2D eigenvalue weighted by molar-refractivity contribution is 5.99. The molecule has 0 spiro atoms. The van der Waals surface area contributed by atoms with E-state index in [1.54, 1.807) is 6.07 Å². The van der Waals surface area contributed by atoms with Crippen molar-refractivity contribution < 1.29 is 14.4 Å². The molecule has 1 aliphatic rings. The van der Waals surface area contributed by atoms with Gasteiger partial charge >= 0.3 is 0 Å². The van der Waals surface area contributed by atoms with E-state index in [-0.39, 0.29) is 24.7 Å². The zero-order valence-corrected chi connectivity index (χ0v) is 18.4. The molecule has 0 saturated carbocycles. The second kappa shape index (κ2) is 11.4. The third-order valence-corrected chi connectivity index (χ3v) is 5.51. The van der Waals surface area contributed by atoms with Crippen LogP contribution in [0, 0.1) is 0 Å². The molecule has 2 aromatic rings. The number of hydrogen-bond donors (Lipinski definition) is 3. The van der Waals surface area contributed by atoms with Gasteiger partial charge in [-0.1, -0.05) is 37.0 Å². The van der Waals surface area contributed by atoms with E-state index in [0.29, 0.717) is 23.1 Å². The van der Waals surface area contributed by atoms with Gasteiger partial charge in [0, 0.05) is 32.1 Å². The lowest BCUT2D eigenvalue weighted by molar-refractivity contribution is -0.136. The molecule has 10 nitrogen and oxygen atoms in total. The van der Waals surface area contributed by atoms with Gasteiger partial charge in [0.15, 0.2) is 0 Å². The average Bonchev–Trinajstić information content (AvgIpc) is 2.75. The van der Waals surface area contributed by atoms with Gasteiger partial charge in [-0.3, -0.25) is 24.5 Å². The zero-order valence-electron chi connectivity index (χ0n) is 18.4. The fraction of sp³-hybridized carbons (Fsp3) is 0.545. The van der Waals surface area contributed by atoms with Crippen molar-refractivity contribution in [1.29, 1.82) is 0 Å². The van der Waals surface area contributed by atoms with Crippen molar-refractivity contribution >= 4 is 34.3 Å². The smallest absolute Gasteiger partial charge is 0.280 e. The van der Waals surface area contributed by atoms with Crippen molar-refractivity contribution in [2.75, 3.05) is 18.4 Å². The Bertz CT molecular complexity index is 1030. The largest absolute Gasteiger partial charge is 0.384 e. The third kappa shape index (κ3) is 6.12. The lowest BCUT2D eigenvalue weighted by Crippen LogP contribution is -2.45. The van der Waals surface area contributed by atoms with E-state index in [0.717, 1.165) is 49.8 Å². The van der Waals surface area contributed by atoms with Crippen molar-refractivity contribution in [2.24, 2.45) is 0 Å². The second-order valence-electron chi connectivity index (χ2n) is 8.04. The van der Waals surface area contributed by atoms with Gasteiger partial charge in [0.1, 0.15) is 11.6 Å². The minimum Gasteiger partial charge on any atom is -0.384 e. The summed E-state index contributed by atoms with van der Waals surface area (Å²) in [7, 11) is 0. The number of carbonyl (C=O) groups is 3. The quantitative estimate of drug-likeness (QED) is 0.356. The third-order valence-electron chi connectivity index (χ3n) is 5.51. The van der Waals surface area contributed by atoms with E-state index in [1.807, 2.05) is 12.1 Å². The normalized spacial score (nSPS) is 16.1. The number of unbranched alkanes of at least 4 members (excludes halogenated alkanes) is 5. The number of benzene rings is 1. The second-order valence-corrected chi connectivity index (χ2v) is 8.04. The Kier molecular flexibility index (Phi) is 8.29. The molecule has 172 valence electrons. The number of piperidine rings is 1. The SMILES string of the molecule is CC(=O)NCCCCCCCCNc1cccc2nnn(C3CCC(=O)NC3=O)c(=O)c12. The van der Waals surface area contributed by atoms with E-state index in [9.17, 15) is 19.2 Å². The van der Waals surface area contributed by atoms with Crippen molar-refractivity contribution in [3.8, 4) is 0 Å². The van der Waals surface area contributed by atoms with E-state index in [4.69, 9.17) is 0 Å². The van der Waals surface area contributed by atoms with Gasteiger partial charge in [0.25, 0.3) is 11.5 Å². The van der Waals surface area contributed by atoms with Gasteiger partial charge in [0.05, 0.1) is 5.39 Å². The molecule has 3 rings (SSSR count). The summed E-state index contributed by atoms with van der Waals surface area (Å²) in [5.41, 5.74) is 0.730. The van der Waals surface area contributed by atoms with Crippen molar-refractivity contribution in [3.63, 3.8) is 0 Å². The van der Waals surface area contributed by atoms with Crippen LogP contribution in [0.4, 0.5) is 5.69 Å². The number of nitrogens with zero attached hydrogens (tertiary/aromatic N) is 3. The molecule has 1 atom stereocenters. The molecular weight excluding hydrogens is 412 g/mol. The maximum absolute atomic E-state index is 13.1. The molecule has 1 saturated heterocycles. The fourth-order valence-electron chi connectivity index (χ4n) is 3.81. The molecule has 3 amide bonds. The summed E-state index contributed by atoms with van der Waals surface area (Å²) in [4.78, 5) is 47.5. The summed E-state index contributed by atoms with van der Waals surface area (Å²) in [6, 6.07) is 4.51. The van der Waals surface area contributed by atoms with E-state index in [2.05, 4.69) is 26.3 Å². The standard InChI is InChI=1S/C22H30N6O4/c1-15(29)23-13-6-4-2-3-5-7-14-24-16-9-8-10-17-20(16)22(32)28(27-26-17)18-11-12-19(30)25-21(18)31/h8-10,18,24H,2-7,11-14H2,1H3,(H,23,29)(H,25,30,31). The van der Waals surface area contributed by atoms with Gasteiger partial charge < -0.3 is 10.6 Å². The number of carbonyl (C=O) groups excluding carboxylic acids is 3. The molecule has 3 N–H and O–H groups in total. The number of hydrogen-bond acceptors (Lipinski definition) is 7. The van der Waals surface area contributed by atoms with Gasteiger partial charge in [-0.15, -0.1) is 5.10 Å². The van der Waals surface area contributed by atoms with Crippen LogP contribution in [0.1, 0.15) is 64.3 Å². The molecule has 1 aromatic heterocycles. The molecule has 0 bridgehead atoms. The van der Waals surface area contributed by atoms with E-state index in [1.165, 1.54) is 6.92 Å². The van der Waals surface area contributed by atoms with Crippen LogP contribution in [-0.4, -0.2) is 45.8 Å². The predicted octanol–water partition coefficient (Wildman–Crippen LogP) is 1.66. The molecule has 0 aliphatic carbocycles. The Morgan fingerprint density at radius 3 is 2.53 bits per heavy atom. The van der Waals surface area contributed by atoms with Crippen molar-refractivity contribution in [2.45, 2.75) is 64.3 Å². The number of nitrogens with one attached hydrogen (secondary N) is 3. The van der Waals surface area contributed by atoms with Crippen LogP contribution in [0.2, 0.25) is 0 Å². The minimum atomic E-state index is -0.837. The first-order valence-corrected chi connectivity index (χ1v) is 11.2. The van der Waals surface area contributed by atoms with Gasteiger partial charge in [-0.25, -0.2) is 0 Å². The molecule has 1 unspecified atom stereocenters. The maximum Gasteiger partial charge on any atom is 0.280 e. The first-order valence-electron chi connectivity index (χ1n) is 11.2. The molecule has 2 heterocycles. The summed E-state index contributed by atoms with van der Waals surface area (Å²) >= 11 is 0.